The van der Waals surface area contributed by atoms with Crippen LogP contribution in [-0.2, 0) is 13.6 Å². The summed E-state index contributed by atoms with van der Waals surface area (Å²) in [6.07, 6.45) is 2.78. The summed E-state index contributed by atoms with van der Waals surface area (Å²) in [7, 11) is 1.87. The molecule has 0 saturated heterocycles. The van der Waals surface area contributed by atoms with Crippen molar-refractivity contribution in [2.75, 3.05) is 5.73 Å². The number of nitrogens with zero attached hydrogens (tertiary/aromatic N) is 4. The van der Waals surface area contributed by atoms with Crippen molar-refractivity contribution < 1.29 is 4.79 Å². The molecule has 0 unspecified atom stereocenters. The number of nitrogens with two attached hydrogens (primary N) is 1. The lowest BCUT2D eigenvalue weighted by atomic mass is 10.2. The van der Waals surface area contributed by atoms with Gasteiger partial charge in [0.15, 0.2) is 0 Å². The molecule has 0 saturated carbocycles. The predicted molar refractivity (Wildman–Crippen MR) is 70.3 cm³/mol. The summed E-state index contributed by atoms with van der Waals surface area (Å²) in [5.41, 5.74) is 8.63. The number of amides is 1. The van der Waals surface area contributed by atoms with E-state index < -0.39 is 0 Å². The van der Waals surface area contributed by atoms with E-state index in [1.54, 1.807) is 4.68 Å². The van der Waals surface area contributed by atoms with E-state index in [-0.39, 0.29) is 17.4 Å². The summed E-state index contributed by atoms with van der Waals surface area (Å²) in [5.74, 6) is -0.0798. The Morgan fingerprint density at radius 3 is 2.74 bits per heavy atom. The second kappa shape index (κ2) is 5.05. The minimum absolute atomic E-state index is 0.208. The first-order chi connectivity index (χ1) is 8.99. The monoisotopic (exact) mass is 260 g/mol. The van der Waals surface area contributed by atoms with Crippen LogP contribution in [0.4, 0.5) is 5.82 Å². The van der Waals surface area contributed by atoms with Gasteiger partial charge in [0.25, 0.3) is 5.91 Å². The van der Waals surface area contributed by atoms with Gasteiger partial charge >= 0.3 is 0 Å². The molecular weight excluding hydrogens is 244 g/mol. The van der Waals surface area contributed by atoms with Crippen LogP contribution in [0.5, 0.6) is 0 Å². The first-order valence-electron chi connectivity index (χ1n) is 5.84. The van der Waals surface area contributed by atoms with E-state index in [0.717, 1.165) is 17.0 Å². The molecule has 2 aromatic heterocycles. The minimum atomic E-state index is -0.303. The fourth-order valence-electron chi connectivity index (χ4n) is 1.82. The number of aryl methyl sites for hydroxylation is 2. The highest BCUT2D eigenvalue weighted by Crippen LogP contribution is 2.11. The molecule has 3 N–H and O–H groups in total. The lowest BCUT2D eigenvalue weighted by molar-refractivity contribution is 0.0945. The maximum Gasteiger partial charge on any atom is 0.271 e. The molecule has 0 spiro atoms. The van der Waals surface area contributed by atoms with E-state index in [4.69, 9.17) is 5.73 Å². The Morgan fingerprint density at radius 1 is 1.42 bits per heavy atom. The fraction of sp³-hybridized carbons (Fsp3) is 0.333. The van der Waals surface area contributed by atoms with Gasteiger partial charge in [-0.1, -0.05) is 0 Å². The SMILES string of the molecule is Cc1nn(C)c(C)c1CNC(=O)c1cncc(N)n1. The van der Waals surface area contributed by atoms with Crippen molar-refractivity contribution in [3.05, 3.63) is 35.0 Å². The molecule has 0 radical (unpaired) electrons. The number of hydrogen-bond acceptors (Lipinski definition) is 5. The van der Waals surface area contributed by atoms with E-state index in [2.05, 4.69) is 20.4 Å². The molecule has 0 aliphatic rings. The van der Waals surface area contributed by atoms with Gasteiger partial charge < -0.3 is 11.1 Å². The molecule has 19 heavy (non-hydrogen) atoms. The Bertz CT molecular complexity index is 619. The second-order valence-corrected chi connectivity index (χ2v) is 4.28. The lowest BCUT2D eigenvalue weighted by Crippen LogP contribution is -2.24. The third-order valence-corrected chi connectivity index (χ3v) is 2.97. The summed E-state index contributed by atoms with van der Waals surface area (Å²) < 4.78 is 1.79. The number of carbonyl (C=O) groups excluding carboxylic acids is 1. The van der Waals surface area contributed by atoms with Gasteiger partial charge in [-0.3, -0.25) is 14.5 Å². The predicted octanol–water partition coefficient (Wildman–Crippen LogP) is 0.339. The molecule has 2 heterocycles. The summed E-state index contributed by atoms with van der Waals surface area (Å²) in [6, 6.07) is 0. The summed E-state index contributed by atoms with van der Waals surface area (Å²) in [4.78, 5) is 19.7. The van der Waals surface area contributed by atoms with Crippen LogP contribution in [-0.4, -0.2) is 25.7 Å². The number of nitrogen functional groups attached to an aromatic ring is 1. The lowest BCUT2D eigenvalue weighted by Gasteiger charge is -2.05. The molecule has 2 aromatic rings. The van der Waals surface area contributed by atoms with Crippen LogP contribution in [0.1, 0.15) is 27.4 Å². The van der Waals surface area contributed by atoms with Crippen molar-refractivity contribution >= 4 is 11.7 Å². The van der Waals surface area contributed by atoms with Gasteiger partial charge in [-0.2, -0.15) is 5.10 Å². The number of nitrogens with one attached hydrogen (secondary N) is 1. The van der Waals surface area contributed by atoms with Crippen LogP contribution >= 0.6 is 0 Å². The van der Waals surface area contributed by atoms with Crippen LogP contribution < -0.4 is 11.1 Å². The Hall–Kier alpha value is -2.44. The third-order valence-electron chi connectivity index (χ3n) is 2.97. The van der Waals surface area contributed by atoms with Crippen LogP contribution in [0.2, 0.25) is 0 Å². The van der Waals surface area contributed by atoms with Crippen LogP contribution in [0.3, 0.4) is 0 Å². The highest BCUT2D eigenvalue weighted by molar-refractivity contribution is 5.92. The van der Waals surface area contributed by atoms with E-state index in [1.165, 1.54) is 12.4 Å². The van der Waals surface area contributed by atoms with Crippen molar-refractivity contribution in [1.29, 1.82) is 0 Å². The van der Waals surface area contributed by atoms with Gasteiger partial charge in [0, 0.05) is 24.8 Å². The molecule has 1 amide bonds. The zero-order valence-electron chi connectivity index (χ0n) is 11.1. The first-order valence-corrected chi connectivity index (χ1v) is 5.84. The zero-order valence-corrected chi connectivity index (χ0v) is 11.1. The normalized spacial score (nSPS) is 10.5. The van der Waals surface area contributed by atoms with E-state index in [0.29, 0.717) is 6.54 Å². The molecule has 7 heteroatoms. The molecule has 0 aliphatic carbocycles. The third kappa shape index (κ3) is 2.70. The van der Waals surface area contributed by atoms with Crippen LogP contribution in [0.25, 0.3) is 0 Å². The average Bonchev–Trinajstić information content (AvgIpc) is 2.61. The first kappa shape index (κ1) is 13.0. The van der Waals surface area contributed by atoms with Gasteiger partial charge in [0.05, 0.1) is 18.1 Å². The minimum Gasteiger partial charge on any atom is -0.382 e. The molecule has 100 valence electrons. The van der Waals surface area contributed by atoms with Crippen molar-refractivity contribution in [1.82, 2.24) is 25.1 Å². The van der Waals surface area contributed by atoms with Crippen molar-refractivity contribution in [3.63, 3.8) is 0 Å². The molecule has 0 atom stereocenters. The molecule has 0 aliphatic heterocycles. The number of aromatic nitrogens is 4. The molecule has 0 aromatic carbocycles. The highest BCUT2D eigenvalue weighted by atomic mass is 16.1. The Morgan fingerprint density at radius 2 is 2.16 bits per heavy atom. The molecule has 0 bridgehead atoms. The van der Waals surface area contributed by atoms with Crippen molar-refractivity contribution in [2.24, 2.45) is 7.05 Å². The van der Waals surface area contributed by atoms with Gasteiger partial charge in [0.1, 0.15) is 11.5 Å². The second-order valence-electron chi connectivity index (χ2n) is 4.28. The Balaban J connectivity index is 2.09. The van der Waals surface area contributed by atoms with Gasteiger partial charge in [-0.05, 0) is 13.8 Å². The summed E-state index contributed by atoms with van der Waals surface area (Å²) in [5, 5.41) is 7.08. The maximum atomic E-state index is 11.9. The van der Waals surface area contributed by atoms with E-state index in [9.17, 15) is 4.79 Å². The van der Waals surface area contributed by atoms with Crippen LogP contribution in [0.15, 0.2) is 12.4 Å². The number of anilines is 1. The van der Waals surface area contributed by atoms with Gasteiger partial charge in [0.2, 0.25) is 0 Å². The topological polar surface area (TPSA) is 98.7 Å². The number of rotatable bonds is 3. The van der Waals surface area contributed by atoms with Crippen LogP contribution in [0, 0.1) is 13.8 Å². The van der Waals surface area contributed by atoms with Crippen molar-refractivity contribution in [3.8, 4) is 0 Å². The molecule has 7 nitrogen and oxygen atoms in total. The molecular formula is C12H16N6O. The number of carbonyl (C=O) groups is 1. The highest BCUT2D eigenvalue weighted by Gasteiger charge is 2.12. The maximum absolute atomic E-state index is 11.9. The molecule has 0 fully saturated rings. The summed E-state index contributed by atoms with van der Waals surface area (Å²) >= 11 is 0. The molecule has 2 rings (SSSR count). The summed E-state index contributed by atoms with van der Waals surface area (Å²) in [6.45, 7) is 4.28. The largest absolute Gasteiger partial charge is 0.382 e. The Kier molecular flexibility index (Phi) is 3.46. The van der Waals surface area contributed by atoms with Gasteiger partial charge in [-0.25, -0.2) is 4.98 Å². The standard InChI is InChI=1S/C12H16N6O/c1-7-9(8(2)18(3)17-7)4-15-12(19)10-5-14-6-11(13)16-10/h5-6H,4H2,1-3H3,(H2,13,16)(H,15,19). The average molecular weight is 260 g/mol. The fourth-order valence-corrected chi connectivity index (χ4v) is 1.82. The van der Waals surface area contributed by atoms with E-state index in [1.807, 2.05) is 20.9 Å². The van der Waals surface area contributed by atoms with Crippen molar-refractivity contribution in [2.45, 2.75) is 20.4 Å². The quantitative estimate of drug-likeness (QED) is 0.829. The van der Waals surface area contributed by atoms with E-state index >= 15 is 0 Å². The zero-order chi connectivity index (χ0) is 14.0. The van der Waals surface area contributed by atoms with Gasteiger partial charge in [-0.15, -0.1) is 0 Å². The number of hydrogen-bond donors (Lipinski definition) is 2. The smallest absolute Gasteiger partial charge is 0.271 e. The Labute approximate surface area is 110 Å².